The number of aliphatic hydroxyl groups excluding tert-OH is 1. The number of fused-ring (bicyclic) bond motifs is 1. The molecule has 0 unspecified atom stereocenters. The van der Waals surface area contributed by atoms with Crippen molar-refractivity contribution in [1.82, 2.24) is 14.6 Å². The summed E-state index contributed by atoms with van der Waals surface area (Å²) >= 11 is 0. The number of hydrogen-bond donors (Lipinski definition) is 2. The maximum Gasteiger partial charge on any atom is 0.243 e. The predicted molar refractivity (Wildman–Crippen MR) is 71.5 cm³/mol. The molecular formula is C13H19FN4O. The molecule has 2 heterocycles. The summed E-state index contributed by atoms with van der Waals surface area (Å²) in [7, 11) is 0. The number of anilines is 1. The number of pyridine rings is 1. The van der Waals surface area contributed by atoms with Gasteiger partial charge in [0.05, 0.1) is 12.8 Å². The summed E-state index contributed by atoms with van der Waals surface area (Å²) < 4.78 is 14.4. The van der Waals surface area contributed by atoms with Crippen LogP contribution in [0.5, 0.6) is 0 Å². The highest BCUT2D eigenvalue weighted by Gasteiger charge is 2.25. The lowest BCUT2D eigenvalue weighted by Gasteiger charge is -2.29. The average molecular weight is 266 g/mol. The summed E-state index contributed by atoms with van der Waals surface area (Å²) in [6, 6.07) is 2.93. The van der Waals surface area contributed by atoms with Gasteiger partial charge in [-0.1, -0.05) is 13.8 Å². The van der Waals surface area contributed by atoms with E-state index in [0.717, 1.165) is 12.8 Å². The zero-order valence-electron chi connectivity index (χ0n) is 11.2. The third-order valence-electron chi connectivity index (χ3n) is 3.75. The first kappa shape index (κ1) is 13.7. The molecule has 0 amide bonds. The standard InChI is InChI=1S/C13H19FN4O/c1-3-13(4-2,9-19)8-15-12-16-11-6-5-10(14)7-18(11)17-12/h5-7,19H,3-4,8-9H2,1-2H3,(H,15,17). The maximum absolute atomic E-state index is 13.0. The molecule has 0 saturated carbocycles. The van der Waals surface area contributed by atoms with Gasteiger partial charge in [-0.2, -0.15) is 4.98 Å². The number of aliphatic hydroxyl groups is 1. The van der Waals surface area contributed by atoms with Crippen molar-refractivity contribution in [2.45, 2.75) is 26.7 Å². The summed E-state index contributed by atoms with van der Waals surface area (Å²) in [5.74, 6) is 0.0982. The lowest BCUT2D eigenvalue weighted by atomic mass is 9.83. The second-order valence-corrected chi connectivity index (χ2v) is 4.80. The minimum atomic E-state index is -0.351. The van der Waals surface area contributed by atoms with Crippen LogP contribution in [0.25, 0.3) is 5.65 Å². The first-order valence-electron chi connectivity index (χ1n) is 6.49. The van der Waals surface area contributed by atoms with Crippen molar-refractivity contribution in [3.05, 3.63) is 24.1 Å². The molecule has 19 heavy (non-hydrogen) atoms. The minimum absolute atomic E-state index is 0.120. The molecular weight excluding hydrogens is 247 g/mol. The van der Waals surface area contributed by atoms with E-state index in [-0.39, 0.29) is 17.8 Å². The smallest absolute Gasteiger partial charge is 0.243 e. The van der Waals surface area contributed by atoms with E-state index in [2.05, 4.69) is 15.4 Å². The Morgan fingerprint density at radius 3 is 2.74 bits per heavy atom. The number of aromatic nitrogens is 3. The minimum Gasteiger partial charge on any atom is -0.396 e. The summed E-state index contributed by atoms with van der Waals surface area (Å²) in [5.41, 5.74) is 0.425. The second-order valence-electron chi connectivity index (χ2n) is 4.80. The molecule has 0 saturated heterocycles. The third kappa shape index (κ3) is 2.84. The normalized spacial score (nSPS) is 12.0. The van der Waals surface area contributed by atoms with Gasteiger partial charge in [0.15, 0.2) is 5.65 Å². The average Bonchev–Trinajstić information content (AvgIpc) is 2.83. The van der Waals surface area contributed by atoms with E-state index in [9.17, 15) is 9.50 Å². The Morgan fingerprint density at radius 2 is 2.11 bits per heavy atom. The number of nitrogens with one attached hydrogen (secondary N) is 1. The predicted octanol–water partition coefficient (Wildman–Crippen LogP) is 2.08. The van der Waals surface area contributed by atoms with Crippen LogP contribution in [0.1, 0.15) is 26.7 Å². The molecule has 0 aliphatic rings. The molecule has 0 radical (unpaired) electrons. The Bertz CT molecular complexity index is 542. The molecule has 2 aromatic rings. The summed E-state index contributed by atoms with van der Waals surface area (Å²) in [5, 5.41) is 16.8. The molecule has 2 rings (SSSR count). The van der Waals surface area contributed by atoms with Gasteiger partial charge in [-0.15, -0.1) is 5.10 Å². The molecule has 0 atom stereocenters. The van der Waals surface area contributed by atoms with Crippen LogP contribution in [0.4, 0.5) is 10.3 Å². The van der Waals surface area contributed by atoms with Crippen LogP contribution in [0.2, 0.25) is 0 Å². The highest BCUT2D eigenvalue weighted by Crippen LogP contribution is 2.25. The summed E-state index contributed by atoms with van der Waals surface area (Å²) in [6.45, 7) is 4.81. The van der Waals surface area contributed by atoms with Gasteiger partial charge in [0, 0.05) is 12.0 Å². The molecule has 104 valence electrons. The zero-order chi connectivity index (χ0) is 13.9. The van der Waals surface area contributed by atoms with E-state index in [1.54, 1.807) is 6.07 Å². The molecule has 5 nitrogen and oxygen atoms in total. The van der Waals surface area contributed by atoms with Crippen molar-refractivity contribution in [2.24, 2.45) is 5.41 Å². The van der Waals surface area contributed by atoms with Crippen molar-refractivity contribution in [3.63, 3.8) is 0 Å². The van der Waals surface area contributed by atoms with Gasteiger partial charge in [-0.05, 0) is 25.0 Å². The first-order chi connectivity index (χ1) is 9.12. The van der Waals surface area contributed by atoms with E-state index in [0.29, 0.717) is 18.1 Å². The number of nitrogens with zero attached hydrogens (tertiary/aromatic N) is 3. The van der Waals surface area contributed by atoms with Gasteiger partial charge in [-0.25, -0.2) is 8.91 Å². The van der Waals surface area contributed by atoms with Crippen molar-refractivity contribution >= 4 is 11.6 Å². The fraction of sp³-hybridized carbons (Fsp3) is 0.538. The second kappa shape index (κ2) is 5.52. The van der Waals surface area contributed by atoms with Crippen LogP contribution in [-0.2, 0) is 0 Å². The van der Waals surface area contributed by atoms with E-state index in [4.69, 9.17) is 0 Å². The van der Waals surface area contributed by atoms with E-state index in [1.165, 1.54) is 16.8 Å². The monoisotopic (exact) mass is 266 g/mol. The third-order valence-corrected chi connectivity index (χ3v) is 3.75. The molecule has 0 aliphatic carbocycles. The van der Waals surface area contributed by atoms with Gasteiger partial charge < -0.3 is 10.4 Å². The van der Waals surface area contributed by atoms with Gasteiger partial charge >= 0.3 is 0 Å². The fourth-order valence-corrected chi connectivity index (χ4v) is 1.98. The van der Waals surface area contributed by atoms with E-state index >= 15 is 0 Å². The van der Waals surface area contributed by atoms with Gasteiger partial charge in [0.25, 0.3) is 0 Å². The van der Waals surface area contributed by atoms with Gasteiger partial charge in [0.2, 0.25) is 5.95 Å². The molecule has 0 fully saturated rings. The summed E-state index contributed by atoms with van der Waals surface area (Å²) in [6.07, 6.45) is 3.02. The molecule has 0 aromatic carbocycles. The summed E-state index contributed by atoms with van der Waals surface area (Å²) in [4.78, 5) is 4.25. The molecule has 2 aromatic heterocycles. The van der Waals surface area contributed by atoms with Crippen LogP contribution in [0, 0.1) is 11.2 Å². The first-order valence-corrected chi connectivity index (χ1v) is 6.49. The van der Waals surface area contributed by atoms with Gasteiger partial charge in [0.1, 0.15) is 5.82 Å². The number of halogens is 1. The number of rotatable bonds is 6. The highest BCUT2D eigenvalue weighted by atomic mass is 19.1. The Kier molecular flexibility index (Phi) is 3.99. The Morgan fingerprint density at radius 1 is 1.37 bits per heavy atom. The lowest BCUT2D eigenvalue weighted by Crippen LogP contribution is -2.32. The van der Waals surface area contributed by atoms with Crippen LogP contribution >= 0.6 is 0 Å². The van der Waals surface area contributed by atoms with Crippen molar-refractivity contribution in [2.75, 3.05) is 18.5 Å². The van der Waals surface area contributed by atoms with Crippen molar-refractivity contribution in [3.8, 4) is 0 Å². The van der Waals surface area contributed by atoms with Crippen LogP contribution in [-0.4, -0.2) is 32.9 Å². The molecule has 0 spiro atoms. The Balaban J connectivity index is 2.13. The van der Waals surface area contributed by atoms with Crippen molar-refractivity contribution in [1.29, 1.82) is 0 Å². The van der Waals surface area contributed by atoms with Gasteiger partial charge in [-0.3, -0.25) is 0 Å². The zero-order valence-corrected chi connectivity index (χ0v) is 11.2. The Hall–Kier alpha value is -1.69. The van der Waals surface area contributed by atoms with E-state index < -0.39 is 0 Å². The maximum atomic E-state index is 13.0. The molecule has 6 heteroatoms. The molecule has 0 bridgehead atoms. The highest BCUT2D eigenvalue weighted by molar-refractivity contribution is 5.43. The molecule has 2 N–H and O–H groups in total. The molecule has 0 aliphatic heterocycles. The lowest BCUT2D eigenvalue weighted by molar-refractivity contribution is 0.127. The van der Waals surface area contributed by atoms with Crippen LogP contribution in [0.15, 0.2) is 18.3 Å². The fourth-order valence-electron chi connectivity index (χ4n) is 1.98. The van der Waals surface area contributed by atoms with Crippen LogP contribution < -0.4 is 5.32 Å². The quantitative estimate of drug-likeness (QED) is 0.840. The number of hydrogen-bond acceptors (Lipinski definition) is 4. The van der Waals surface area contributed by atoms with Crippen LogP contribution in [0.3, 0.4) is 0 Å². The topological polar surface area (TPSA) is 62.5 Å². The Labute approximate surface area is 111 Å². The SMILES string of the molecule is CCC(CC)(CO)CNc1nc2ccc(F)cn2n1. The van der Waals surface area contributed by atoms with E-state index in [1.807, 2.05) is 13.8 Å². The largest absolute Gasteiger partial charge is 0.396 e. The van der Waals surface area contributed by atoms with Crippen molar-refractivity contribution < 1.29 is 9.50 Å².